The van der Waals surface area contributed by atoms with Crippen LogP contribution in [0.4, 0.5) is 0 Å². The van der Waals surface area contributed by atoms with Crippen molar-refractivity contribution in [3.63, 3.8) is 0 Å². The fourth-order valence-electron chi connectivity index (χ4n) is 2.70. The van der Waals surface area contributed by atoms with E-state index in [9.17, 15) is 4.79 Å². The normalized spacial score (nSPS) is 16.3. The number of carbonyl (C=O) groups is 1. The maximum absolute atomic E-state index is 11.5. The van der Waals surface area contributed by atoms with E-state index in [1.807, 2.05) is 29.2 Å². The highest BCUT2D eigenvalue weighted by atomic mass is 79.9. The summed E-state index contributed by atoms with van der Waals surface area (Å²) < 4.78 is 6.73. The van der Waals surface area contributed by atoms with Crippen LogP contribution in [0.2, 0.25) is 0 Å². The van der Waals surface area contributed by atoms with E-state index >= 15 is 0 Å². The number of benzene rings is 1. The number of amides is 1. The largest absolute Gasteiger partial charge is 0.419 e. The lowest BCUT2D eigenvalue weighted by atomic mass is 10.2. The minimum Gasteiger partial charge on any atom is -0.419 e. The van der Waals surface area contributed by atoms with Crippen LogP contribution in [0.1, 0.15) is 19.2 Å². The summed E-state index contributed by atoms with van der Waals surface area (Å²) in [7, 11) is 0. The number of carbonyl (C=O) groups excluding carboxylic acids is 1. The van der Waals surface area contributed by atoms with Gasteiger partial charge in [-0.3, -0.25) is 9.69 Å². The van der Waals surface area contributed by atoms with Crippen molar-refractivity contribution in [2.75, 3.05) is 26.2 Å². The first-order valence-corrected chi connectivity index (χ1v) is 8.48. The second-order valence-electron chi connectivity index (χ2n) is 5.62. The Kier molecular flexibility index (Phi) is 5.07. The summed E-state index contributed by atoms with van der Waals surface area (Å²) in [5.74, 6) is 1.26. The van der Waals surface area contributed by atoms with Crippen LogP contribution in [0.15, 0.2) is 33.2 Å². The standard InChI is InChI=1S/C16H19BrN4O2/c1-12(22)21-8-4-7-20(9-10-21)11-15-18-19-16(23-15)13-5-2-3-6-14(13)17/h2-3,5-6H,4,7-11H2,1H3. The van der Waals surface area contributed by atoms with E-state index in [4.69, 9.17) is 4.42 Å². The lowest BCUT2D eigenvalue weighted by molar-refractivity contribution is -0.128. The highest BCUT2D eigenvalue weighted by Gasteiger charge is 2.19. The van der Waals surface area contributed by atoms with Crippen LogP contribution < -0.4 is 0 Å². The summed E-state index contributed by atoms with van der Waals surface area (Å²) in [5.41, 5.74) is 0.893. The van der Waals surface area contributed by atoms with Crippen LogP contribution in [-0.2, 0) is 11.3 Å². The van der Waals surface area contributed by atoms with E-state index in [0.29, 0.717) is 18.3 Å². The third-order valence-electron chi connectivity index (χ3n) is 3.96. The summed E-state index contributed by atoms with van der Waals surface area (Å²) in [5, 5.41) is 8.29. The summed E-state index contributed by atoms with van der Waals surface area (Å²) in [6.45, 7) is 5.56. The number of halogens is 1. The Morgan fingerprint density at radius 1 is 1.22 bits per heavy atom. The molecule has 2 heterocycles. The SMILES string of the molecule is CC(=O)N1CCCN(Cc2nnc(-c3ccccc3Br)o2)CC1. The molecule has 1 aliphatic heterocycles. The molecular weight excluding hydrogens is 360 g/mol. The molecule has 1 saturated heterocycles. The van der Waals surface area contributed by atoms with Gasteiger partial charge < -0.3 is 9.32 Å². The third kappa shape index (κ3) is 3.97. The second kappa shape index (κ2) is 7.23. The van der Waals surface area contributed by atoms with E-state index in [-0.39, 0.29) is 5.91 Å². The van der Waals surface area contributed by atoms with Gasteiger partial charge in [-0.2, -0.15) is 0 Å². The Hall–Kier alpha value is -1.73. The molecule has 1 fully saturated rings. The van der Waals surface area contributed by atoms with E-state index in [1.165, 1.54) is 0 Å². The third-order valence-corrected chi connectivity index (χ3v) is 4.66. The molecule has 0 N–H and O–H groups in total. The Balaban J connectivity index is 1.65. The van der Waals surface area contributed by atoms with Gasteiger partial charge in [0.1, 0.15) is 0 Å². The number of hydrogen-bond donors (Lipinski definition) is 0. The highest BCUT2D eigenvalue weighted by Crippen LogP contribution is 2.26. The minimum atomic E-state index is 0.140. The van der Waals surface area contributed by atoms with Crippen LogP contribution in [0.3, 0.4) is 0 Å². The van der Waals surface area contributed by atoms with Crippen molar-refractivity contribution < 1.29 is 9.21 Å². The zero-order chi connectivity index (χ0) is 16.2. The van der Waals surface area contributed by atoms with Crippen LogP contribution in [0.5, 0.6) is 0 Å². The molecule has 0 spiro atoms. The Morgan fingerprint density at radius 3 is 2.83 bits per heavy atom. The quantitative estimate of drug-likeness (QED) is 0.820. The van der Waals surface area contributed by atoms with Crippen molar-refractivity contribution in [1.29, 1.82) is 0 Å². The molecule has 0 saturated carbocycles. The number of rotatable bonds is 3. The van der Waals surface area contributed by atoms with Crippen molar-refractivity contribution in [3.8, 4) is 11.5 Å². The van der Waals surface area contributed by atoms with Gasteiger partial charge in [0, 0.05) is 37.6 Å². The second-order valence-corrected chi connectivity index (χ2v) is 6.47. The molecule has 0 atom stereocenters. The van der Waals surface area contributed by atoms with E-state index in [2.05, 4.69) is 31.0 Å². The van der Waals surface area contributed by atoms with Gasteiger partial charge in [0.15, 0.2) is 0 Å². The van der Waals surface area contributed by atoms with Crippen molar-refractivity contribution in [2.24, 2.45) is 0 Å². The van der Waals surface area contributed by atoms with Crippen LogP contribution in [0.25, 0.3) is 11.5 Å². The van der Waals surface area contributed by atoms with Crippen molar-refractivity contribution in [3.05, 3.63) is 34.6 Å². The molecule has 0 bridgehead atoms. The van der Waals surface area contributed by atoms with Gasteiger partial charge in [-0.05, 0) is 34.5 Å². The fraction of sp³-hybridized carbons (Fsp3) is 0.438. The molecule has 7 heteroatoms. The average molecular weight is 379 g/mol. The van der Waals surface area contributed by atoms with Gasteiger partial charge in [-0.25, -0.2) is 0 Å². The van der Waals surface area contributed by atoms with E-state index in [0.717, 1.165) is 42.6 Å². The number of aromatic nitrogens is 2. The van der Waals surface area contributed by atoms with E-state index < -0.39 is 0 Å². The summed E-state index contributed by atoms with van der Waals surface area (Å²) >= 11 is 3.50. The maximum Gasteiger partial charge on any atom is 0.248 e. The molecule has 0 radical (unpaired) electrons. The van der Waals surface area contributed by atoms with Gasteiger partial charge in [0.2, 0.25) is 17.7 Å². The summed E-state index contributed by atoms with van der Waals surface area (Å²) in [4.78, 5) is 15.6. The number of hydrogen-bond acceptors (Lipinski definition) is 5. The van der Waals surface area contributed by atoms with Crippen LogP contribution in [-0.4, -0.2) is 52.1 Å². The van der Waals surface area contributed by atoms with Crippen molar-refractivity contribution in [2.45, 2.75) is 19.9 Å². The predicted octanol–water partition coefficient (Wildman–Crippen LogP) is 2.55. The topological polar surface area (TPSA) is 62.5 Å². The van der Waals surface area contributed by atoms with Gasteiger partial charge in [0.05, 0.1) is 12.1 Å². The lowest BCUT2D eigenvalue weighted by Crippen LogP contribution is -2.33. The fourth-order valence-corrected chi connectivity index (χ4v) is 3.15. The average Bonchev–Trinajstić information content (AvgIpc) is 2.85. The highest BCUT2D eigenvalue weighted by molar-refractivity contribution is 9.10. The zero-order valence-corrected chi connectivity index (χ0v) is 14.6. The van der Waals surface area contributed by atoms with Crippen LogP contribution in [0, 0.1) is 0 Å². The molecule has 1 aromatic heterocycles. The summed E-state index contributed by atoms with van der Waals surface area (Å²) in [6, 6.07) is 7.78. The molecule has 1 amide bonds. The number of nitrogens with zero attached hydrogens (tertiary/aromatic N) is 4. The zero-order valence-electron chi connectivity index (χ0n) is 13.0. The first-order chi connectivity index (χ1) is 11.1. The van der Waals surface area contributed by atoms with Crippen molar-refractivity contribution in [1.82, 2.24) is 20.0 Å². The molecule has 1 aliphatic rings. The monoisotopic (exact) mass is 378 g/mol. The summed E-state index contributed by atoms with van der Waals surface area (Å²) in [6.07, 6.45) is 0.963. The van der Waals surface area contributed by atoms with Gasteiger partial charge >= 0.3 is 0 Å². The maximum atomic E-state index is 11.5. The van der Waals surface area contributed by atoms with Crippen molar-refractivity contribution >= 4 is 21.8 Å². The molecular formula is C16H19BrN4O2. The molecule has 122 valence electrons. The van der Waals surface area contributed by atoms with Gasteiger partial charge in [-0.1, -0.05) is 12.1 Å². The molecule has 2 aromatic rings. The Morgan fingerprint density at radius 2 is 2.04 bits per heavy atom. The Bertz CT molecular complexity index is 688. The molecule has 6 nitrogen and oxygen atoms in total. The first kappa shape index (κ1) is 16.1. The minimum absolute atomic E-state index is 0.140. The van der Waals surface area contributed by atoms with Gasteiger partial charge in [-0.15, -0.1) is 10.2 Å². The molecule has 0 aliphatic carbocycles. The lowest BCUT2D eigenvalue weighted by Gasteiger charge is -2.19. The first-order valence-electron chi connectivity index (χ1n) is 7.68. The molecule has 0 unspecified atom stereocenters. The smallest absolute Gasteiger partial charge is 0.248 e. The predicted molar refractivity (Wildman–Crippen MR) is 89.6 cm³/mol. The molecule has 3 rings (SSSR count). The van der Waals surface area contributed by atoms with Crippen LogP contribution >= 0.6 is 15.9 Å². The van der Waals surface area contributed by atoms with Gasteiger partial charge in [0.25, 0.3) is 0 Å². The Labute approximate surface area is 143 Å². The van der Waals surface area contributed by atoms with E-state index in [1.54, 1.807) is 6.92 Å². The molecule has 1 aromatic carbocycles. The molecule has 23 heavy (non-hydrogen) atoms.